The van der Waals surface area contributed by atoms with E-state index in [1.54, 1.807) is 18.2 Å². The van der Waals surface area contributed by atoms with Gasteiger partial charge < -0.3 is 11.1 Å². The summed E-state index contributed by atoms with van der Waals surface area (Å²) in [5.74, 6) is -0.0930. The molecule has 1 aromatic carbocycles. The van der Waals surface area contributed by atoms with Crippen molar-refractivity contribution < 1.29 is 4.79 Å². The second kappa shape index (κ2) is 6.57. The molecule has 2 rings (SSSR count). The van der Waals surface area contributed by atoms with Crippen molar-refractivity contribution in [2.75, 3.05) is 25.0 Å². The van der Waals surface area contributed by atoms with Gasteiger partial charge in [0, 0.05) is 12.6 Å². The summed E-state index contributed by atoms with van der Waals surface area (Å²) < 4.78 is 0. The molecule has 0 aliphatic carbocycles. The van der Waals surface area contributed by atoms with E-state index in [1.165, 1.54) is 0 Å². The van der Waals surface area contributed by atoms with Gasteiger partial charge in [-0.2, -0.15) is 0 Å². The SMILES string of the molecule is NCC1CCCN1CC(=O)Nc1cccc(Cl)c1Cl. The number of anilines is 1. The number of rotatable bonds is 4. The maximum Gasteiger partial charge on any atom is 0.238 e. The molecule has 104 valence electrons. The number of hydrogen-bond acceptors (Lipinski definition) is 3. The molecule has 0 saturated carbocycles. The molecule has 0 radical (unpaired) electrons. The van der Waals surface area contributed by atoms with E-state index in [4.69, 9.17) is 28.9 Å². The molecule has 1 heterocycles. The fourth-order valence-electron chi connectivity index (χ4n) is 2.34. The molecule has 19 heavy (non-hydrogen) atoms. The average Bonchev–Trinajstić information content (AvgIpc) is 2.82. The molecular formula is C13H17Cl2N3O. The fourth-order valence-corrected chi connectivity index (χ4v) is 2.69. The molecule has 1 amide bonds. The third-order valence-corrected chi connectivity index (χ3v) is 4.16. The van der Waals surface area contributed by atoms with Gasteiger partial charge in [0.15, 0.2) is 0 Å². The Morgan fingerprint density at radius 2 is 2.26 bits per heavy atom. The van der Waals surface area contributed by atoms with Gasteiger partial charge in [-0.25, -0.2) is 0 Å². The van der Waals surface area contributed by atoms with E-state index in [1.807, 2.05) is 0 Å². The summed E-state index contributed by atoms with van der Waals surface area (Å²) in [6.45, 7) is 1.84. The van der Waals surface area contributed by atoms with Gasteiger partial charge in [0.2, 0.25) is 5.91 Å². The number of carbonyl (C=O) groups excluding carboxylic acids is 1. The quantitative estimate of drug-likeness (QED) is 0.897. The van der Waals surface area contributed by atoms with Crippen molar-refractivity contribution in [3.63, 3.8) is 0 Å². The molecule has 6 heteroatoms. The summed E-state index contributed by atoms with van der Waals surface area (Å²) in [4.78, 5) is 14.1. The van der Waals surface area contributed by atoms with E-state index in [0.29, 0.717) is 34.9 Å². The second-order valence-corrected chi connectivity index (χ2v) is 5.44. The van der Waals surface area contributed by atoms with E-state index in [2.05, 4.69) is 10.2 Å². The minimum Gasteiger partial charge on any atom is -0.329 e. The molecule has 1 saturated heterocycles. The van der Waals surface area contributed by atoms with Gasteiger partial charge in [-0.3, -0.25) is 9.69 Å². The monoisotopic (exact) mass is 301 g/mol. The molecule has 0 aromatic heterocycles. The van der Waals surface area contributed by atoms with E-state index in [0.717, 1.165) is 19.4 Å². The van der Waals surface area contributed by atoms with Gasteiger partial charge in [-0.15, -0.1) is 0 Å². The summed E-state index contributed by atoms with van der Waals surface area (Å²) in [5, 5.41) is 3.59. The summed E-state index contributed by atoms with van der Waals surface area (Å²) >= 11 is 11.9. The highest BCUT2D eigenvalue weighted by Gasteiger charge is 2.25. The first-order valence-corrected chi connectivity index (χ1v) is 7.05. The van der Waals surface area contributed by atoms with Crippen LogP contribution in [0.1, 0.15) is 12.8 Å². The van der Waals surface area contributed by atoms with E-state index in [9.17, 15) is 4.79 Å². The van der Waals surface area contributed by atoms with Crippen molar-refractivity contribution in [3.8, 4) is 0 Å². The smallest absolute Gasteiger partial charge is 0.238 e. The van der Waals surface area contributed by atoms with Gasteiger partial charge in [0.25, 0.3) is 0 Å². The molecular weight excluding hydrogens is 285 g/mol. The van der Waals surface area contributed by atoms with Gasteiger partial charge >= 0.3 is 0 Å². The van der Waals surface area contributed by atoms with Gasteiger partial charge in [-0.1, -0.05) is 29.3 Å². The molecule has 1 fully saturated rings. The Kier molecular flexibility index (Phi) is 5.05. The molecule has 0 bridgehead atoms. The van der Waals surface area contributed by atoms with E-state index >= 15 is 0 Å². The van der Waals surface area contributed by atoms with Crippen LogP contribution in [0.3, 0.4) is 0 Å². The first-order chi connectivity index (χ1) is 9.11. The Morgan fingerprint density at radius 1 is 1.47 bits per heavy atom. The second-order valence-electron chi connectivity index (χ2n) is 4.65. The summed E-state index contributed by atoms with van der Waals surface area (Å²) in [6.07, 6.45) is 2.15. The summed E-state index contributed by atoms with van der Waals surface area (Å²) in [7, 11) is 0. The Hall–Kier alpha value is -0.810. The maximum absolute atomic E-state index is 12.0. The number of hydrogen-bond donors (Lipinski definition) is 2. The van der Waals surface area contributed by atoms with Crippen LogP contribution < -0.4 is 11.1 Å². The van der Waals surface area contributed by atoms with E-state index < -0.39 is 0 Å². The molecule has 1 aliphatic rings. The van der Waals surface area contributed by atoms with Gasteiger partial charge in [0.1, 0.15) is 0 Å². The van der Waals surface area contributed by atoms with Crippen LogP contribution in [0.15, 0.2) is 18.2 Å². The van der Waals surface area contributed by atoms with Crippen molar-refractivity contribution in [2.45, 2.75) is 18.9 Å². The molecule has 1 atom stereocenters. The third-order valence-electron chi connectivity index (χ3n) is 3.34. The largest absolute Gasteiger partial charge is 0.329 e. The lowest BCUT2D eigenvalue weighted by molar-refractivity contribution is -0.117. The van der Waals surface area contributed by atoms with Crippen molar-refractivity contribution in [2.24, 2.45) is 5.73 Å². The Balaban J connectivity index is 1.96. The molecule has 1 unspecified atom stereocenters. The topological polar surface area (TPSA) is 58.4 Å². The predicted octanol–water partition coefficient (Wildman–Crippen LogP) is 2.35. The van der Waals surface area contributed by atoms with Crippen molar-refractivity contribution in [1.29, 1.82) is 0 Å². The summed E-state index contributed by atoms with van der Waals surface area (Å²) in [5.41, 5.74) is 6.23. The van der Waals surface area contributed by atoms with Crippen molar-refractivity contribution in [1.82, 2.24) is 4.90 Å². The normalized spacial score (nSPS) is 19.6. The first-order valence-electron chi connectivity index (χ1n) is 6.30. The molecule has 1 aliphatic heterocycles. The minimum absolute atomic E-state index is 0.0930. The molecule has 0 spiro atoms. The highest BCUT2D eigenvalue weighted by molar-refractivity contribution is 6.43. The average molecular weight is 302 g/mol. The predicted molar refractivity (Wildman–Crippen MR) is 78.7 cm³/mol. The maximum atomic E-state index is 12.0. The van der Waals surface area contributed by atoms with Crippen molar-refractivity contribution in [3.05, 3.63) is 28.2 Å². The minimum atomic E-state index is -0.0930. The number of nitrogens with two attached hydrogens (primary N) is 1. The highest BCUT2D eigenvalue weighted by Crippen LogP contribution is 2.29. The van der Waals surface area contributed by atoms with Gasteiger partial charge in [0.05, 0.1) is 22.3 Å². The Morgan fingerprint density at radius 3 is 3.00 bits per heavy atom. The number of nitrogens with zero attached hydrogens (tertiary/aromatic N) is 1. The zero-order valence-electron chi connectivity index (χ0n) is 10.5. The number of likely N-dealkylation sites (tertiary alicyclic amines) is 1. The van der Waals surface area contributed by atoms with Crippen LogP contribution in [0.25, 0.3) is 0 Å². The third kappa shape index (κ3) is 3.60. The van der Waals surface area contributed by atoms with Crippen LogP contribution in [0.5, 0.6) is 0 Å². The molecule has 1 aromatic rings. The lowest BCUT2D eigenvalue weighted by Crippen LogP contribution is -2.40. The van der Waals surface area contributed by atoms with Crippen LogP contribution in [0, 0.1) is 0 Å². The Bertz CT molecular complexity index is 467. The Labute approximate surface area is 122 Å². The highest BCUT2D eigenvalue weighted by atomic mass is 35.5. The fraction of sp³-hybridized carbons (Fsp3) is 0.462. The van der Waals surface area contributed by atoms with Crippen LogP contribution in [0.4, 0.5) is 5.69 Å². The zero-order chi connectivity index (χ0) is 13.8. The number of carbonyl (C=O) groups is 1. The lowest BCUT2D eigenvalue weighted by Gasteiger charge is -2.22. The number of benzene rings is 1. The first kappa shape index (κ1) is 14.6. The number of nitrogens with one attached hydrogen (secondary N) is 1. The van der Waals surface area contributed by atoms with Crippen LogP contribution in [-0.4, -0.2) is 36.5 Å². The lowest BCUT2D eigenvalue weighted by atomic mass is 10.2. The zero-order valence-corrected chi connectivity index (χ0v) is 12.0. The molecule has 3 N–H and O–H groups in total. The molecule has 4 nitrogen and oxygen atoms in total. The number of amides is 1. The van der Waals surface area contributed by atoms with Crippen LogP contribution in [-0.2, 0) is 4.79 Å². The number of halogens is 2. The standard InChI is InChI=1S/C13H17Cl2N3O/c14-10-4-1-5-11(13(10)15)17-12(19)8-18-6-2-3-9(18)7-16/h1,4-5,9H,2-3,6-8,16H2,(H,17,19). The van der Waals surface area contributed by atoms with Crippen LogP contribution >= 0.6 is 23.2 Å². The van der Waals surface area contributed by atoms with Crippen molar-refractivity contribution >= 4 is 34.8 Å². The van der Waals surface area contributed by atoms with Crippen LogP contribution in [0.2, 0.25) is 10.0 Å². The van der Waals surface area contributed by atoms with Gasteiger partial charge in [-0.05, 0) is 31.5 Å². The van der Waals surface area contributed by atoms with E-state index in [-0.39, 0.29) is 5.91 Å². The summed E-state index contributed by atoms with van der Waals surface area (Å²) in [6, 6.07) is 5.48.